The molecule has 0 aromatic heterocycles. The monoisotopic (exact) mass is 416 g/mol. The summed E-state index contributed by atoms with van der Waals surface area (Å²) < 4.78 is 11.0. The van der Waals surface area contributed by atoms with Gasteiger partial charge in [-0.25, -0.2) is 0 Å². The van der Waals surface area contributed by atoms with Crippen LogP contribution in [0.1, 0.15) is 73.1 Å². The van der Waals surface area contributed by atoms with E-state index < -0.39 is 0 Å². The summed E-state index contributed by atoms with van der Waals surface area (Å²) in [6, 6.07) is 7.28. The number of hydrogen-bond acceptors (Lipinski definition) is 4. The molecule has 1 aromatic carbocycles. The minimum atomic E-state index is -0.0584. The van der Waals surface area contributed by atoms with Crippen molar-refractivity contribution in [1.82, 2.24) is 9.80 Å². The van der Waals surface area contributed by atoms with E-state index >= 15 is 0 Å². The summed E-state index contributed by atoms with van der Waals surface area (Å²) in [6.45, 7) is 5.74. The van der Waals surface area contributed by atoms with Crippen LogP contribution in [0.2, 0.25) is 0 Å². The van der Waals surface area contributed by atoms with E-state index in [1.54, 1.807) is 34.1 Å². The average Bonchev–Trinajstić information content (AvgIpc) is 3.67. The Morgan fingerprint density at radius 1 is 0.900 bits per heavy atom. The molecule has 3 rings (SSSR count). The van der Waals surface area contributed by atoms with E-state index in [0.717, 1.165) is 51.7 Å². The Balaban J connectivity index is 1.71. The first-order valence-corrected chi connectivity index (χ1v) is 11.4. The first-order chi connectivity index (χ1) is 14.5. The smallest absolute Gasteiger partial charge is 0.253 e. The average molecular weight is 417 g/mol. The fourth-order valence-corrected chi connectivity index (χ4v) is 4.13. The zero-order valence-corrected chi connectivity index (χ0v) is 18.8. The molecule has 1 aromatic rings. The van der Waals surface area contributed by atoms with Gasteiger partial charge in [-0.3, -0.25) is 9.59 Å². The number of rotatable bonds is 12. The minimum Gasteiger partial charge on any atom is -0.371 e. The molecule has 2 fully saturated rings. The lowest BCUT2D eigenvalue weighted by atomic mass is 10.0. The summed E-state index contributed by atoms with van der Waals surface area (Å²) in [6.07, 6.45) is 6.45. The lowest BCUT2D eigenvalue weighted by molar-refractivity contribution is 0.0688. The molecule has 6 nitrogen and oxygen atoms in total. The molecule has 2 aliphatic rings. The van der Waals surface area contributed by atoms with Crippen LogP contribution in [0.5, 0.6) is 0 Å². The molecule has 4 unspecified atom stereocenters. The van der Waals surface area contributed by atoms with Crippen LogP contribution < -0.4 is 0 Å². The zero-order valence-electron chi connectivity index (χ0n) is 18.8. The topological polar surface area (TPSA) is 65.7 Å². The Morgan fingerprint density at radius 2 is 1.30 bits per heavy atom. The van der Waals surface area contributed by atoms with E-state index in [4.69, 9.17) is 9.47 Å². The molecule has 0 radical (unpaired) electrons. The molecule has 0 spiro atoms. The Hall–Kier alpha value is -1.92. The SMILES string of the molecule is CCCCC(C1CO1)N(C)C(=O)c1cccc(C(=O)N(C)C(CCCC)C2CO2)c1. The number of unbranched alkanes of at least 4 members (excludes halogenated alkanes) is 2. The molecule has 2 heterocycles. The Bertz CT molecular complexity index is 672. The number of nitrogens with zero attached hydrogens (tertiary/aromatic N) is 2. The van der Waals surface area contributed by atoms with E-state index in [9.17, 15) is 9.59 Å². The maximum atomic E-state index is 13.1. The molecule has 0 saturated carbocycles. The maximum Gasteiger partial charge on any atom is 0.253 e. The Labute approximate surface area is 180 Å². The third-order valence-electron chi connectivity index (χ3n) is 6.28. The van der Waals surface area contributed by atoms with Crippen molar-refractivity contribution in [3.05, 3.63) is 35.4 Å². The summed E-state index contributed by atoms with van der Waals surface area (Å²) >= 11 is 0. The van der Waals surface area contributed by atoms with Crippen molar-refractivity contribution in [2.24, 2.45) is 0 Å². The summed E-state index contributed by atoms with van der Waals surface area (Å²) in [5.74, 6) is -0.117. The molecule has 0 bridgehead atoms. The second kappa shape index (κ2) is 10.4. The number of amides is 2. The number of epoxide rings is 2. The highest BCUT2D eigenvalue weighted by atomic mass is 16.6. The lowest BCUT2D eigenvalue weighted by Crippen LogP contribution is -2.41. The summed E-state index contributed by atoms with van der Waals surface area (Å²) in [7, 11) is 3.69. The molecule has 30 heavy (non-hydrogen) atoms. The van der Waals surface area contributed by atoms with Gasteiger partial charge in [0.15, 0.2) is 0 Å². The molecule has 2 amide bonds. The molecule has 166 valence electrons. The van der Waals surface area contributed by atoms with Crippen molar-refractivity contribution in [2.75, 3.05) is 27.3 Å². The van der Waals surface area contributed by atoms with Gasteiger partial charge in [-0.05, 0) is 31.0 Å². The molecule has 4 atom stereocenters. The first kappa shape index (κ1) is 22.8. The zero-order chi connectivity index (χ0) is 21.7. The van der Waals surface area contributed by atoms with E-state index in [2.05, 4.69) is 13.8 Å². The number of ether oxygens (including phenoxy) is 2. The largest absolute Gasteiger partial charge is 0.371 e. The van der Waals surface area contributed by atoms with E-state index in [-0.39, 0.29) is 36.1 Å². The van der Waals surface area contributed by atoms with Gasteiger partial charge in [-0.1, -0.05) is 45.6 Å². The van der Waals surface area contributed by atoms with Crippen LogP contribution >= 0.6 is 0 Å². The number of likely N-dealkylation sites (N-methyl/N-ethyl adjacent to an activating group) is 2. The number of carbonyl (C=O) groups excluding carboxylic acids is 2. The Morgan fingerprint density at radius 3 is 1.63 bits per heavy atom. The molecule has 2 aliphatic heterocycles. The molecular weight excluding hydrogens is 380 g/mol. The van der Waals surface area contributed by atoms with Gasteiger partial charge in [-0.2, -0.15) is 0 Å². The van der Waals surface area contributed by atoms with Crippen LogP contribution in [0.3, 0.4) is 0 Å². The van der Waals surface area contributed by atoms with E-state index in [1.807, 2.05) is 14.1 Å². The van der Waals surface area contributed by atoms with Crippen molar-refractivity contribution in [2.45, 2.75) is 76.7 Å². The molecule has 2 saturated heterocycles. The van der Waals surface area contributed by atoms with E-state index in [0.29, 0.717) is 11.1 Å². The molecule has 0 aliphatic carbocycles. The van der Waals surface area contributed by atoms with Gasteiger partial charge < -0.3 is 19.3 Å². The fourth-order valence-electron chi connectivity index (χ4n) is 4.13. The highest BCUT2D eigenvalue weighted by molar-refractivity contribution is 5.99. The summed E-state index contributed by atoms with van der Waals surface area (Å²) in [4.78, 5) is 29.9. The van der Waals surface area contributed by atoms with Gasteiger partial charge in [0.05, 0.1) is 25.3 Å². The van der Waals surface area contributed by atoms with Crippen LogP contribution in [0.15, 0.2) is 24.3 Å². The van der Waals surface area contributed by atoms with Crippen LogP contribution in [0.4, 0.5) is 0 Å². The van der Waals surface area contributed by atoms with Gasteiger partial charge in [0, 0.05) is 25.2 Å². The van der Waals surface area contributed by atoms with Crippen molar-refractivity contribution >= 4 is 11.8 Å². The van der Waals surface area contributed by atoms with Crippen LogP contribution in [-0.4, -0.2) is 73.2 Å². The van der Waals surface area contributed by atoms with Crippen molar-refractivity contribution in [3.63, 3.8) is 0 Å². The standard InChI is InChI=1S/C24H36N2O4/c1-5-7-12-19(21-15-29-21)25(3)23(27)17-10-9-11-18(14-17)24(28)26(4)20(13-8-6-2)22-16-30-22/h9-11,14,19-22H,5-8,12-13,15-16H2,1-4H3. The summed E-state index contributed by atoms with van der Waals surface area (Å²) in [5.41, 5.74) is 1.10. The van der Waals surface area contributed by atoms with Gasteiger partial charge >= 0.3 is 0 Å². The van der Waals surface area contributed by atoms with Crippen molar-refractivity contribution in [1.29, 1.82) is 0 Å². The highest BCUT2D eigenvalue weighted by Crippen LogP contribution is 2.26. The Kier molecular flexibility index (Phi) is 7.89. The number of carbonyl (C=O) groups is 2. The maximum absolute atomic E-state index is 13.1. The van der Waals surface area contributed by atoms with E-state index in [1.165, 1.54) is 0 Å². The third-order valence-corrected chi connectivity index (χ3v) is 6.28. The third kappa shape index (κ3) is 5.61. The quantitative estimate of drug-likeness (QED) is 0.487. The minimum absolute atomic E-state index is 0.0584. The molecule has 0 N–H and O–H groups in total. The second-order valence-corrected chi connectivity index (χ2v) is 8.58. The first-order valence-electron chi connectivity index (χ1n) is 11.4. The van der Waals surface area contributed by atoms with Crippen LogP contribution in [0.25, 0.3) is 0 Å². The van der Waals surface area contributed by atoms with Gasteiger partial charge in [-0.15, -0.1) is 0 Å². The fraction of sp³-hybridized carbons (Fsp3) is 0.667. The number of hydrogen-bond donors (Lipinski definition) is 0. The second-order valence-electron chi connectivity index (χ2n) is 8.58. The van der Waals surface area contributed by atoms with Crippen LogP contribution in [-0.2, 0) is 9.47 Å². The predicted molar refractivity (Wildman–Crippen MR) is 117 cm³/mol. The molecule has 6 heteroatoms. The van der Waals surface area contributed by atoms with Gasteiger partial charge in [0.2, 0.25) is 0 Å². The molecular formula is C24H36N2O4. The van der Waals surface area contributed by atoms with Gasteiger partial charge in [0.1, 0.15) is 12.2 Å². The number of benzene rings is 1. The van der Waals surface area contributed by atoms with Crippen LogP contribution in [0, 0.1) is 0 Å². The van der Waals surface area contributed by atoms with Crippen molar-refractivity contribution in [3.8, 4) is 0 Å². The lowest BCUT2D eigenvalue weighted by Gasteiger charge is -2.28. The normalized spacial score (nSPS) is 21.6. The predicted octanol–water partition coefficient (Wildman–Crippen LogP) is 3.75. The van der Waals surface area contributed by atoms with Gasteiger partial charge in [0.25, 0.3) is 11.8 Å². The highest BCUT2D eigenvalue weighted by Gasteiger charge is 2.38. The van der Waals surface area contributed by atoms with Crippen molar-refractivity contribution < 1.29 is 19.1 Å². The summed E-state index contributed by atoms with van der Waals surface area (Å²) in [5, 5.41) is 0.